The molecule has 0 heterocycles. The summed E-state index contributed by atoms with van der Waals surface area (Å²) in [6.07, 6.45) is -2.76. The highest BCUT2D eigenvalue weighted by Crippen LogP contribution is 1.93. The van der Waals surface area contributed by atoms with E-state index < -0.39 is 24.3 Å². The fraction of sp³-hybridized carbons (Fsp3) is 0.625. The highest BCUT2D eigenvalue weighted by molar-refractivity contribution is 5.75. The Morgan fingerprint density at radius 2 is 1.38 bits per heavy atom. The number of hydrogen-bond acceptors (Lipinski definition) is 6. The molecule has 0 aliphatic carbocycles. The van der Waals surface area contributed by atoms with Crippen molar-refractivity contribution in [1.29, 1.82) is 0 Å². The van der Waals surface area contributed by atoms with Crippen molar-refractivity contribution in [3.05, 3.63) is 0 Å². The van der Waals surface area contributed by atoms with Crippen LogP contribution in [0, 0.1) is 0 Å². The smallest absolute Gasteiger partial charge is 0.408 e. The first kappa shape index (κ1) is 14.0. The molecule has 0 aromatic heterocycles. The summed E-state index contributed by atoms with van der Waals surface area (Å²) >= 11 is 0. The Balaban J connectivity index is 4.31. The van der Waals surface area contributed by atoms with E-state index in [4.69, 9.17) is 0 Å². The number of rotatable bonds is 4. The fourth-order valence-electron chi connectivity index (χ4n) is 0.791. The third-order valence-corrected chi connectivity index (χ3v) is 1.55. The van der Waals surface area contributed by atoms with E-state index >= 15 is 0 Å². The van der Waals surface area contributed by atoms with Crippen LogP contribution < -0.4 is 10.6 Å². The second-order valence-corrected chi connectivity index (χ2v) is 2.60. The number of ether oxygens (including phenoxy) is 3. The van der Waals surface area contributed by atoms with Gasteiger partial charge in [0.2, 0.25) is 0 Å². The van der Waals surface area contributed by atoms with Crippen LogP contribution >= 0.6 is 0 Å². The molecule has 0 spiro atoms. The van der Waals surface area contributed by atoms with E-state index in [0.717, 1.165) is 14.2 Å². The standard InChI is InChI=1S/C8H14N2O6/c1-14-6(11)4-5(9-7(12)15-2)10-8(13)16-3/h5H,4H2,1-3H3,(H,9,12)(H,10,13). The van der Waals surface area contributed by atoms with Crippen molar-refractivity contribution >= 4 is 18.2 Å². The first-order chi connectivity index (χ1) is 7.53. The molecule has 0 unspecified atom stereocenters. The van der Waals surface area contributed by atoms with Crippen LogP contribution in [0.1, 0.15) is 6.42 Å². The lowest BCUT2D eigenvalue weighted by Crippen LogP contribution is -2.49. The molecule has 0 atom stereocenters. The summed E-state index contributed by atoms with van der Waals surface area (Å²) in [6.45, 7) is 0. The number of nitrogens with one attached hydrogen (secondary N) is 2. The molecule has 8 heteroatoms. The number of amides is 2. The Labute approximate surface area is 92.2 Å². The third kappa shape index (κ3) is 5.68. The van der Waals surface area contributed by atoms with Gasteiger partial charge >= 0.3 is 18.2 Å². The lowest BCUT2D eigenvalue weighted by Gasteiger charge is -2.17. The molecule has 8 nitrogen and oxygen atoms in total. The van der Waals surface area contributed by atoms with Crippen molar-refractivity contribution in [2.45, 2.75) is 12.6 Å². The van der Waals surface area contributed by atoms with Gasteiger partial charge in [0.05, 0.1) is 27.8 Å². The van der Waals surface area contributed by atoms with Crippen LogP contribution in [0.15, 0.2) is 0 Å². The van der Waals surface area contributed by atoms with E-state index in [1.54, 1.807) is 0 Å². The zero-order chi connectivity index (χ0) is 12.6. The molecule has 0 radical (unpaired) electrons. The summed E-state index contributed by atoms with van der Waals surface area (Å²) in [5, 5.41) is 4.45. The lowest BCUT2D eigenvalue weighted by molar-refractivity contribution is -0.141. The van der Waals surface area contributed by atoms with Crippen molar-refractivity contribution < 1.29 is 28.6 Å². The van der Waals surface area contributed by atoms with E-state index in [1.807, 2.05) is 0 Å². The maximum atomic E-state index is 11.0. The normalized spacial score (nSPS) is 9.25. The van der Waals surface area contributed by atoms with Gasteiger partial charge in [0.1, 0.15) is 6.17 Å². The Bertz CT molecular complexity index is 224. The summed E-state index contributed by atoms with van der Waals surface area (Å²) in [7, 11) is 3.50. The van der Waals surface area contributed by atoms with Gasteiger partial charge < -0.3 is 24.8 Å². The molecule has 0 aromatic carbocycles. The van der Waals surface area contributed by atoms with Gasteiger partial charge in [-0.3, -0.25) is 4.79 Å². The maximum Gasteiger partial charge on any atom is 0.408 e. The Kier molecular flexibility index (Phi) is 6.41. The predicted octanol–water partition coefficient (Wildman–Crippen LogP) is -0.412. The molecule has 0 aromatic rings. The molecule has 2 N–H and O–H groups in total. The van der Waals surface area contributed by atoms with Gasteiger partial charge in [-0.2, -0.15) is 0 Å². The van der Waals surface area contributed by atoms with E-state index in [1.165, 1.54) is 7.11 Å². The lowest BCUT2D eigenvalue weighted by atomic mass is 10.3. The Morgan fingerprint density at radius 1 is 0.938 bits per heavy atom. The molecule has 0 rings (SSSR count). The highest BCUT2D eigenvalue weighted by atomic mass is 16.5. The SMILES string of the molecule is COC(=O)CC(NC(=O)OC)NC(=O)OC. The molecule has 0 aliphatic heterocycles. The minimum atomic E-state index is -0.952. The summed E-state index contributed by atoms with van der Waals surface area (Å²) in [6, 6.07) is 0. The first-order valence-corrected chi connectivity index (χ1v) is 4.29. The van der Waals surface area contributed by atoms with Crippen molar-refractivity contribution in [3.63, 3.8) is 0 Å². The average molecular weight is 234 g/mol. The number of alkyl carbamates (subject to hydrolysis) is 2. The number of carbonyl (C=O) groups excluding carboxylic acids is 3. The van der Waals surface area contributed by atoms with Gasteiger partial charge in [0, 0.05) is 0 Å². The predicted molar refractivity (Wildman–Crippen MR) is 51.5 cm³/mol. The van der Waals surface area contributed by atoms with Crippen LogP contribution in [-0.2, 0) is 19.0 Å². The molecule has 0 fully saturated rings. The van der Waals surface area contributed by atoms with Gasteiger partial charge in [0.15, 0.2) is 0 Å². The minimum Gasteiger partial charge on any atom is -0.469 e. The Hall–Kier alpha value is -1.99. The maximum absolute atomic E-state index is 11.0. The molecule has 2 amide bonds. The summed E-state index contributed by atoms with van der Waals surface area (Å²) in [4.78, 5) is 32.7. The molecule has 92 valence electrons. The fourth-order valence-corrected chi connectivity index (χ4v) is 0.791. The molecule has 0 aliphatic rings. The topological polar surface area (TPSA) is 103 Å². The largest absolute Gasteiger partial charge is 0.469 e. The van der Waals surface area contributed by atoms with Gasteiger partial charge in [-0.25, -0.2) is 9.59 Å². The van der Waals surface area contributed by atoms with Crippen molar-refractivity contribution in [2.75, 3.05) is 21.3 Å². The second-order valence-electron chi connectivity index (χ2n) is 2.60. The van der Waals surface area contributed by atoms with Crippen molar-refractivity contribution in [2.24, 2.45) is 0 Å². The van der Waals surface area contributed by atoms with E-state index in [2.05, 4.69) is 24.8 Å². The second kappa shape index (κ2) is 7.32. The quantitative estimate of drug-likeness (QED) is 0.389. The van der Waals surface area contributed by atoms with Crippen LogP contribution in [0.3, 0.4) is 0 Å². The molecule has 0 saturated carbocycles. The molecule has 0 bridgehead atoms. The summed E-state index contributed by atoms with van der Waals surface area (Å²) in [5.74, 6) is -0.599. The van der Waals surface area contributed by atoms with Crippen molar-refractivity contribution in [1.82, 2.24) is 10.6 Å². The summed E-state index contributed by atoms with van der Waals surface area (Å²) in [5.41, 5.74) is 0. The molecular formula is C8H14N2O6. The molecule has 16 heavy (non-hydrogen) atoms. The zero-order valence-corrected chi connectivity index (χ0v) is 9.23. The van der Waals surface area contributed by atoms with Gasteiger partial charge in [-0.15, -0.1) is 0 Å². The number of esters is 1. The van der Waals surface area contributed by atoms with E-state index in [0.29, 0.717) is 0 Å². The number of methoxy groups -OCH3 is 3. The van der Waals surface area contributed by atoms with E-state index in [-0.39, 0.29) is 6.42 Å². The minimum absolute atomic E-state index is 0.235. The van der Waals surface area contributed by atoms with Gasteiger partial charge in [-0.1, -0.05) is 0 Å². The van der Waals surface area contributed by atoms with Crippen LogP contribution in [-0.4, -0.2) is 45.7 Å². The van der Waals surface area contributed by atoms with Gasteiger partial charge in [0.25, 0.3) is 0 Å². The van der Waals surface area contributed by atoms with Crippen LogP contribution in [0.4, 0.5) is 9.59 Å². The third-order valence-electron chi connectivity index (χ3n) is 1.55. The zero-order valence-electron chi connectivity index (χ0n) is 9.23. The molecule has 0 saturated heterocycles. The number of carbonyl (C=O) groups is 3. The monoisotopic (exact) mass is 234 g/mol. The highest BCUT2D eigenvalue weighted by Gasteiger charge is 2.19. The van der Waals surface area contributed by atoms with Gasteiger partial charge in [-0.05, 0) is 0 Å². The van der Waals surface area contributed by atoms with Crippen LogP contribution in [0.5, 0.6) is 0 Å². The van der Waals surface area contributed by atoms with Crippen LogP contribution in [0.25, 0.3) is 0 Å². The van der Waals surface area contributed by atoms with Crippen molar-refractivity contribution in [3.8, 4) is 0 Å². The number of hydrogen-bond donors (Lipinski definition) is 2. The Morgan fingerprint density at radius 3 is 1.69 bits per heavy atom. The van der Waals surface area contributed by atoms with E-state index in [9.17, 15) is 14.4 Å². The first-order valence-electron chi connectivity index (χ1n) is 4.29. The summed E-state index contributed by atoms with van der Waals surface area (Å²) < 4.78 is 13.0. The van der Waals surface area contributed by atoms with Crippen LogP contribution in [0.2, 0.25) is 0 Å². The average Bonchev–Trinajstić information content (AvgIpc) is 2.28. The molecular weight excluding hydrogens is 220 g/mol.